The Morgan fingerprint density at radius 3 is 1.42 bits per heavy atom. The summed E-state index contributed by atoms with van der Waals surface area (Å²) in [5.41, 5.74) is 23.9. The third-order valence-electron chi connectivity index (χ3n) is 17.3. The van der Waals surface area contributed by atoms with Gasteiger partial charge in [-0.25, -0.2) is 0 Å². The summed E-state index contributed by atoms with van der Waals surface area (Å²) in [4.78, 5) is 7.76. The molecule has 0 N–H and O–H groups in total. The Morgan fingerprint density at radius 2 is 0.769 bits per heavy atom. The fourth-order valence-electron chi connectivity index (χ4n) is 14.3. The Morgan fingerprint density at radius 1 is 0.295 bits per heavy atom. The quantitative estimate of drug-likeness (QED) is 0.170. The smallest absolute Gasteiger partial charge is 0.0736 e. The fourth-order valence-corrected chi connectivity index (χ4v) is 16.7. The Bertz CT molecular complexity index is 4550. The SMILES string of the molecule is c1ccc(-n2c3ccccc3c3ccc(-c4ccc(N(c5ccc6c(c5)C5(c7ccccc7Sc7ccccc75)c5ccccc5-6)c5cccc6c5-c5ccccc5C65c6ccccc6Sc6ccccc65)cc4)cc32)cc1. The lowest BCUT2D eigenvalue weighted by molar-refractivity contribution is 0.722. The molecule has 0 saturated heterocycles. The molecule has 0 atom stereocenters. The molecule has 0 radical (unpaired) electrons. The summed E-state index contributed by atoms with van der Waals surface area (Å²) in [6.07, 6.45) is 0. The van der Waals surface area contributed by atoms with Crippen molar-refractivity contribution in [2.45, 2.75) is 30.4 Å². The third kappa shape index (κ3) is 5.91. The molecule has 17 rings (SSSR count). The van der Waals surface area contributed by atoms with Crippen LogP contribution in [0.1, 0.15) is 44.5 Å². The van der Waals surface area contributed by atoms with Crippen molar-refractivity contribution in [2.75, 3.05) is 4.90 Å². The summed E-state index contributed by atoms with van der Waals surface area (Å²) in [5, 5.41) is 2.50. The van der Waals surface area contributed by atoms with Gasteiger partial charge < -0.3 is 9.47 Å². The van der Waals surface area contributed by atoms with Crippen molar-refractivity contribution in [3.05, 3.63) is 324 Å². The molecule has 13 aromatic rings. The largest absolute Gasteiger partial charge is 0.310 e. The van der Waals surface area contributed by atoms with E-state index in [1.165, 1.54) is 114 Å². The van der Waals surface area contributed by atoms with Crippen LogP contribution in [-0.2, 0) is 10.8 Å². The van der Waals surface area contributed by atoms with Crippen LogP contribution in [0.15, 0.2) is 299 Å². The maximum atomic E-state index is 2.57. The highest BCUT2D eigenvalue weighted by molar-refractivity contribution is 7.99. The Hall–Kier alpha value is -9.06. The van der Waals surface area contributed by atoms with Crippen LogP contribution in [0.25, 0.3) is 60.9 Å². The van der Waals surface area contributed by atoms with Crippen molar-refractivity contribution >= 4 is 62.4 Å². The van der Waals surface area contributed by atoms with Gasteiger partial charge >= 0.3 is 0 Å². The van der Waals surface area contributed by atoms with E-state index in [1.807, 2.05) is 23.5 Å². The Kier molecular flexibility index (Phi) is 9.45. The topological polar surface area (TPSA) is 8.17 Å². The van der Waals surface area contributed by atoms with Gasteiger partial charge in [-0.1, -0.05) is 224 Å². The van der Waals surface area contributed by atoms with Crippen molar-refractivity contribution in [3.63, 3.8) is 0 Å². The van der Waals surface area contributed by atoms with Gasteiger partial charge in [0, 0.05) is 53.0 Å². The summed E-state index contributed by atoms with van der Waals surface area (Å²) in [7, 11) is 0. The van der Waals surface area contributed by atoms with E-state index in [0.717, 1.165) is 28.3 Å². The summed E-state index contributed by atoms with van der Waals surface area (Å²) >= 11 is 3.78. The molecule has 0 fully saturated rings. The standard InChI is InChI=1S/C74H46N2S2/c1-2-19-49(20-3-1)76-65-31-13-6-22-54(65)55-43-39-48(45-67(55)76)47-37-40-50(41-38-47)75(51-42-44-53-52-21-4-7-24-57(52)74(64(53)46-51)61-28-11-16-35-70(61)78-71-36-17-12-29-62(71)74)66-32-18-30-63-72(66)56-23-5-8-25-58(56)73(63)59-26-9-14-33-68(59)77-69-34-15-10-27-60(69)73/h1-46H. The molecule has 12 aromatic carbocycles. The average molecular weight is 1030 g/mol. The zero-order valence-corrected chi connectivity index (χ0v) is 43.9. The molecular formula is C74H46N2S2. The first-order chi connectivity index (χ1) is 38.7. The molecule has 2 nitrogen and oxygen atoms in total. The van der Waals surface area contributed by atoms with Gasteiger partial charge in [0.25, 0.3) is 0 Å². The van der Waals surface area contributed by atoms with Crippen LogP contribution < -0.4 is 4.90 Å². The van der Waals surface area contributed by atoms with Gasteiger partial charge in [-0.15, -0.1) is 0 Å². The van der Waals surface area contributed by atoms with Crippen LogP contribution in [0.2, 0.25) is 0 Å². The number of para-hydroxylation sites is 2. The number of hydrogen-bond donors (Lipinski definition) is 0. The second kappa shape index (κ2) is 16.7. The number of anilines is 3. The monoisotopic (exact) mass is 1030 g/mol. The molecule has 0 amide bonds. The van der Waals surface area contributed by atoms with Gasteiger partial charge in [-0.05, 0) is 151 Å². The number of aromatic nitrogens is 1. The van der Waals surface area contributed by atoms with E-state index in [0.29, 0.717) is 0 Å². The van der Waals surface area contributed by atoms with Crippen LogP contribution in [0.4, 0.5) is 17.1 Å². The third-order valence-corrected chi connectivity index (χ3v) is 19.6. The van der Waals surface area contributed by atoms with Crippen LogP contribution in [0.3, 0.4) is 0 Å². The van der Waals surface area contributed by atoms with Gasteiger partial charge in [0.05, 0.1) is 27.6 Å². The first-order valence-corrected chi connectivity index (χ1v) is 28.5. The van der Waals surface area contributed by atoms with Gasteiger partial charge in [0.15, 0.2) is 0 Å². The van der Waals surface area contributed by atoms with Gasteiger partial charge in [0.1, 0.15) is 0 Å². The van der Waals surface area contributed by atoms with E-state index in [4.69, 9.17) is 0 Å². The van der Waals surface area contributed by atoms with Crippen LogP contribution >= 0.6 is 23.5 Å². The van der Waals surface area contributed by atoms with Crippen LogP contribution in [-0.4, -0.2) is 4.57 Å². The van der Waals surface area contributed by atoms with Crippen molar-refractivity contribution in [1.82, 2.24) is 4.57 Å². The molecule has 2 aliphatic heterocycles. The number of hydrogen-bond acceptors (Lipinski definition) is 3. The number of nitrogens with zero attached hydrogens (tertiary/aromatic N) is 2. The summed E-state index contributed by atoms with van der Waals surface area (Å²) < 4.78 is 2.41. The second-order valence-electron chi connectivity index (χ2n) is 21.0. The predicted octanol–water partition coefficient (Wildman–Crippen LogP) is 19.6. The van der Waals surface area contributed by atoms with Gasteiger partial charge in [0.2, 0.25) is 0 Å². The molecule has 0 bridgehead atoms. The van der Waals surface area contributed by atoms with E-state index in [-0.39, 0.29) is 0 Å². The molecule has 4 heteroatoms. The lowest BCUT2D eigenvalue weighted by atomic mass is 9.67. The van der Waals surface area contributed by atoms with Crippen molar-refractivity contribution in [2.24, 2.45) is 0 Å². The molecule has 78 heavy (non-hydrogen) atoms. The maximum absolute atomic E-state index is 2.57. The zero-order valence-electron chi connectivity index (χ0n) is 42.3. The van der Waals surface area contributed by atoms with E-state index in [1.54, 1.807) is 0 Å². The number of rotatable bonds is 5. The average Bonchev–Trinajstić information content (AvgIpc) is 4.22. The molecule has 3 heterocycles. The number of benzene rings is 12. The van der Waals surface area contributed by atoms with E-state index in [9.17, 15) is 0 Å². The highest BCUT2D eigenvalue weighted by Crippen LogP contribution is 2.66. The van der Waals surface area contributed by atoms with E-state index >= 15 is 0 Å². The van der Waals surface area contributed by atoms with Gasteiger partial charge in [-0.3, -0.25) is 0 Å². The van der Waals surface area contributed by atoms with Crippen LogP contribution in [0, 0.1) is 0 Å². The minimum atomic E-state index is -0.529. The predicted molar refractivity (Wildman–Crippen MR) is 324 cm³/mol. The van der Waals surface area contributed by atoms with E-state index in [2.05, 4.69) is 289 Å². The molecule has 2 spiro atoms. The highest BCUT2D eigenvalue weighted by atomic mass is 32.2. The lowest BCUT2D eigenvalue weighted by Crippen LogP contribution is -2.32. The first-order valence-electron chi connectivity index (χ1n) is 26.9. The fraction of sp³-hybridized carbons (Fsp3) is 0.0270. The number of fused-ring (bicyclic) bond motifs is 21. The van der Waals surface area contributed by atoms with Gasteiger partial charge in [-0.2, -0.15) is 0 Å². The summed E-state index contributed by atoms with van der Waals surface area (Å²) in [6.45, 7) is 0. The van der Waals surface area contributed by atoms with Crippen molar-refractivity contribution < 1.29 is 0 Å². The normalized spacial score (nSPS) is 14.3. The molecule has 364 valence electrons. The highest BCUT2D eigenvalue weighted by Gasteiger charge is 2.53. The Labute approximate surface area is 461 Å². The van der Waals surface area contributed by atoms with E-state index < -0.39 is 10.8 Å². The molecule has 0 unspecified atom stereocenters. The molecule has 2 aliphatic carbocycles. The Balaban J connectivity index is 0.916. The van der Waals surface area contributed by atoms with Crippen LogP contribution in [0.5, 0.6) is 0 Å². The molecule has 0 saturated carbocycles. The molecular weight excluding hydrogens is 981 g/mol. The maximum Gasteiger partial charge on any atom is 0.0736 e. The lowest BCUT2D eigenvalue weighted by Gasteiger charge is -2.40. The first kappa shape index (κ1) is 44.1. The molecule has 1 aromatic heterocycles. The second-order valence-corrected chi connectivity index (χ2v) is 23.2. The zero-order chi connectivity index (χ0) is 51.1. The minimum absolute atomic E-state index is 0.520. The van der Waals surface area contributed by atoms with Crippen molar-refractivity contribution in [1.29, 1.82) is 0 Å². The molecule has 4 aliphatic rings. The van der Waals surface area contributed by atoms with Crippen molar-refractivity contribution in [3.8, 4) is 39.1 Å². The summed E-state index contributed by atoms with van der Waals surface area (Å²) in [6, 6.07) is 105. The summed E-state index contributed by atoms with van der Waals surface area (Å²) in [5.74, 6) is 0. The minimum Gasteiger partial charge on any atom is -0.310 e.